The van der Waals surface area contributed by atoms with Gasteiger partial charge in [0, 0.05) is 18.0 Å². The summed E-state index contributed by atoms with van der Waals surface area (Å²) in [5, 5.41) is 4.66. The second-order valence-electron chi connectivity index (χ2n) is 5.73. The van der Waals surface area contributed by atoms with Gasteiger partial charge in [0.1, 0.15) is 5.75 Å². The molecule has 0 aliphatic rings. The minimum absolute atomic E-state index is 0.00219. The second kappa shape index (κ2) is 8.32. The van der Waals surface area contributed by atoms with Crippen LogP contribution in [-0.4, -0.2) is 24.0 Å². The predicted octanol–water partition coefficient (Wildman–Crippen LogP) is 4.39. The maximum Gasteiger partial charge on any atom is 0.257 e. The molecule has 3 rings (SSSR count). The number of benzene rings is 2. The molecule has 0 fully saturated rings. The summed E-state index contributed by atoms with van der Waals surface area (Å²) in [6, 6.07) is 13.5. The summed E-state index contributed by atoms with van der Waals surface area (Å²) in [4.78, 5) is 16.4. The number of nitrogens with one attached hydrogen (secondary N) is 1. The summed E-state index contributed by atoms with van der Waals surface area (Å²) < 4.78 is 6.68. The van der Waals surface area contributed by atoms with Gasteiger partial charge in [-0.15, -0.1) is 11.3 Å². The van der Waals surface area contributed by atoms with Gasteiger partial charge in [0.25, 0.3) is 5.91 Å². The van der Waals surface area contributed by atoms with Crippen molar-refractivity contribution in [2.45, 2.75) is 19.8 Å². The lowest BCUT2D eigenvalue weighted by Crippen LogP contribution is -2.29. The zero-order valence-corrected chi connectivity index (χ0v) is 15.5. The number of hydrogen-bond donors (Lipinski definition) is 1. The van der Waals surface area contributed by atoms with E-state index in [1.165, 1.54) is 4.70 Å². The van der Waals surface area contributed by atoms with Crippen molar-refractivity contribution < 1.29 is 9.53 Å². The Hall–Kier alpha value is -2.11. The molecule has 0 saturated heterocycles. The van der Waals surface area contributed by atoms with Gasteiger partial charge in [-0.05, 0) is 49.2 Å². The highest BCUT2D eigenvalue weighted by molar-refractivity contribution is 7.18. The first kappa shape index (κ1) is 17.7. The number of carbonyl (C=O) groups is 1. The summed E-state index contributed by atoms with van der Waals surface area (Å²) in [7, 11) is 0. The summed E-state index contributed by atoms with van der Waals surface area (Å²) in [6.07, 6.45) is 1.71. The molecule has 0 unspecified atom stereocenters. The number of amides is 1. The van der Waals surface area contributed by atoms with Crippen LogP contribution in [0.25, 0.3) is 10.2 Å². The first-order valence-electron chi connectivity index (χ1n) is 8.12. The van der Waals surface area contributed by atoms with Crippen molar-refractivity contribution in [3.8, 4) is 5.75 Å². The Morgan fingerprint density at radius 2 is 2.12 bits per heavy atom. The van der Waals surface area contributed by atoms with Gasteiger partial charge in [0.05, 0.1) is 15.2 Å². The molecule has 1 heterocycles. The first-order valence-corrected chi connectivity index (χ1v) is 9.31. The fraction of sp³-hybridized carbons (Fsp3) is 0.263. The van der Waals surface area contributed by atoms with Crippen LogP contribution in [0.5, 0.6) is 5.75 Å². The lowest BCUT2D eigenvalue weighted by Gasteiger charge is -2.08. The molecule has 0 bridgehead atoms. The molecule has 3 aromatic rings. The van der Waals surface area contributed by atoms with E-state index >= 15 is 0 Å². The number of thiazole rings is 1. The molecule has 0 saturated carbocycles. The van der Waals surface area contributed by atoms with Gasteiger partial charge in [0.15, 0.2) is 6.61 Å². The van der Waals surface area contributed by atoms with Crippen LogP contribution < -0.4 is 10.1 Å². The highest BCUT2D eigenvalue weighted by Crippen LogP contribution is 2.22. The topological polar surface area (TPSA) is 51.2 Å². The standard InChI is InChI=1S/C19H19ClN2O2S/c1-13-11-14(8-9-15(13)20)24-12-18(23)21-10-4-7-19-22-16-5-2-3-6-17(16)25-19/h2-3,5-6,8-9,11H,4,7,10,12H2,1H3,(H,21,23). The SMILES string of the molecule is Cc1cc(OCC(=O)NCCCc2nc3ccccc3s2)ccc1Cl. The number of hydrogen-bond acceptors (Lipinski definition) is 4. The molecule has 2 aromatic carbocycles. The Morgan fingerprint density at radius 3 is 2.92 bits per heavy atom. The number of halogens is 1. The summed E-state index contributed by atoms with van der Waals surface area (Å²) in [5.74, 6) is 0.517. The Balaban J connectivity index is 1.38. The number of para-hydroxylation sites is 1. The van der Waals surface area contributed by atoms with E-state index in [1.807, 2.05) is 31.2 Å². The zero-order chi connectivity index (χ0) is 17.6. The number of fused-ring (bicyclic) bond motifs is 1. The first-order chi connectivity index (χ1) is 12.1. The van der Waals surface area contributed by atoms with E-state index in [0.717, 1.165) is 28.9 Å². The maximum absolute atomic E-state index is 11.8. The van der Waals surface area contributed by atoms with E-state index in [4.69, 9.17) is 16.3 Å². The van der Waals surface area contributed by atoms with E-state index < -0.39 is 0 Å². The Labute approximate surface area is 155 Å². The quantitative estimate of drug-likeness (QED) is 0.624. The lowest BCUT2D eigenvalue weighted by atomic mass is 10.2. The van der Waals surface area contributed by atoms with E-state index in [-0.39, 0.29) is 12.5 Å². The highest BCUT2D eigenvalue weighted by Gasteiger charge is 2.06. The van der Waals surface area contributed by atoms with Crippen molar-refractivity contribution in [3.05, 3.63) is 58.1 Å². The van der Waals surface area contributed by atoms with Crippen molar-refractivity contribution in [1.29, 1.82) is 0 Å². The molecule has 0 spiro atoms. The third-order valence-corrected chi connectivity index (χ3v) is 5.25. The molecule has 0 aliphatic heterocycles. The van der Waals surface area contributed by atoms with Crippen LogP contribution in [0, 0.1) is 6.92 Å². The van der Waals surface area contributed by atoms with Crippen LogP contribution in [-0.2, 0) is 11.2 Å². The minimum atomic E-state index is -0.128. The largest absolute Gasteiger partial charge is 0.484 e. The van der Waals surface area contributed by atoms with Crippen LogP contribution in [0.4, 0.5) is 0 Å². The summed E-state index contributed by atoms with van der Waals surface area (Å²) in [6.45, 7) is 2.51. The van der Waals surface area contributed by atoms with Crippen LogP contribution in [0.15, 0.2) is 42.5 Å². The number of aryl methyl sites for hydroxylation is 2. The molecular weight excluding hydrogens is 356 g/mol. The molecule has 25 heavy (non-hydrogen) atoms. The Morgan fingerprint density at radius 1 is 1.28 bits per heavy atom. The van der Waals surface area contributed by atoms with E-state index in [1.54, 1.807) is 23.5 Å². The monoisotopic (exact) mass is 374 g/mol. The molecule has 0 aliphatic carbocycles. The number of nitrogens with zero attached hydrogens (tertiary/aromatic N) is 1. The van der Waals surface area contributed by atoms with Crippen LogP contribution in [0.1, 0.15) is 17.0 Å². The minimum Gasteiger partial charge on any atom is -0.484 e. The predicted molar refractivity (Wildman–Crippen MR) is 103 cm³/mol. The molecule has 1 N–H and O–H groups in total. The van der Waals surface area contributed by atoms with Crippen LogP contribution in [0.3, 0.4) is 0 Å². The van der Waals surface area contributed by atoms with Crippen molar-refractivity contribution >= 4 is 39.1 Å². The van der Waals surface area contributed by atoms with Gasteiger partial charge in [-0.3, -0.25) is 4.79 Å². The Bertz CT molecular complexity index is 846. The second-order valence-corrected chi connectivity index (χ2v) is 7.25. The lowest BCUT2D eigenvalue weighted by molar-refractivity contribution is -0.123. The van der Waals surface area contributed by atoms with Crippen LogP contribution >= 0.6 is 22.9 Å². The average Bonchev–Trinajstić information content (AvgIpc) is 3.02. The van der Waals surface area contributed by atoms with Gasteiger partial charge >= 0.3 is 0 Å². The summed E-state index contributed by atoms with van der Waals surface area (Å²) in [5.41, 5.74) is 1.97. The third-order valence-electron chi connectivity index (χ3n) is 3.73. The van der Waals surface area contributed by atoms with Gasteiger partial charge in [-0.25, -0.2) is 4.98 Å². The molecule has 0 radical (unpaired) electrons. The van der Waals surface area contributed by atoms with Gasteiger partial charge in [-0.1, -0.05) is 23.7 Å². The normalized spacial score (nSPS) is 10.8. The average molecular weight is 375 g/mol. The molecular formula is C19H19ClN2O2S. The van der Waals surface area contributed by atoms with E-state index in [2.05, 4.69) is 16.4 Å². The molecule has 1 aromatic heterocycles. The van der Waals surface area contributed by atoms with Crippen molar-refractivity contribution in [2.75, 3.05) is 13.2 Å². The number of rotatable bonds is 7. The van der Waals surface area contributed by atoms with Crippen LogP contribution in [0.2, 0.25) is 5.02 Å². The van der Waals surface area contributed by atoms with Crippen molar-refractivity contribution in [1.82, 2.24) is 10.3 Å². The fourth-order valence-corrected chi connectivity index (χ4v) is 3.53. The third kappa shape index (κ3) is 4.94. The smallest absolute Gasteiger partial charge is 0.257 e. The highest BCUT2D eigenvalue weighted by atomic mass is 35.5. The molecule has 130 valence electrons. The Kier molecular flexibility index (Phi) is 5.89. The van der Waals surface area contributed by atoms with Gasteiger partial charge in [0.2, 0.25) is 0 Å². The zero-order valence-electron chi connectivity index (χ0n) is 13.9. The number of ether oxygens (including phenoxy) is 1. The van der Waals surface area contributed by atoms with Crippen molar-refractivity contribution in [2.24, 2.45) is 0 Å². The molecule has 4 nitrogen and oxygen atoms in total. The van der Waals surface area contributed by atoms with E-state index in [0.29, 0.717) is 17.3 Å². The number of carbonyl (C=O) groups excluding carboxylic acids is 1. The fourth-order valence-electron chi connectivity index (χ4n) is 2.40. The molecule has 1 amide bonds. The molecule has 6 heteroatoms. The summed E-state index contributed by atoms with van der Waals surface area (Å²) >= 11 is 7.67. The maximum atomic E-state index is 11.8. The van der Waals surface area contributed by atoms with Gasteiger partial charge in [-0.2, -0.15) is 0 Å². The number of aromatic nitrogens is 1. The van der Waals surface area contributed by atoms with E-state index in [9.17, 15) is 4.79 Å². The van der Waals surface area contributed by atoms with Crippen molar-refractivity contribution in [3.63, 3.8) is 0 Å². The molecule has 0 atom stereocenters. The van der Waals surface area contributed by atoms with Gasteiger partial charge < -0.3 is 10.1 Å².